The molecule has 0 spiro atoms. The highest BCUT2D eigenvalue weighted by Crippen LogP contribution is 2.30. The SMILES string of the molecule is CC[C@@H](C(=O)NC(C)(C)C)N(Cc1cccc(OC)c1)C(=O)CCCN(c1ccc(OC)c(Cl)c1)S(C)(=O)=O. The number of carbonyl (C=O) groups excluding carboxylic acids is 2. The second kappa shape index (κ2) is 13.9. The van der Waals surface area contributed by atoms with Crippen LogP contribution in [0.5, 0.6) is 11.5 Å². The fraction of sp³-hybridized carbons (Fsp3) is 0.500. The van der Waals surface area contributed by atoms with Crippen molar-refractivity contribution in [2.45, 2.75) is 65.1 Å². The van der Waals surface area contributed by atoms with E-state index < -0.39 is 21.6 Å². The number of methoxy groups -OCH3 is 2. The third-order valence-corrected chi connectivity index (χ3v) is 7.44. The minimum absolute atomic E-state index is 0.0408. The lowest BCUT2D eigenvalue weighted by Crippen LogP contribution is -2.53. The van der Waals surface area contributed by atoms with Crippen molar-refractivity contribution in [3.8, 4) is 11.5 Å². The highest BCUT2D eigenvalue weighted by atomic mass is 35.5. The van der Waals surface area contributed by atoms with Crippen LogP contribution in [0.4, 0.5) is 5.69 Å². The van der Waals surface area contributed by atoms with E-state index in [0.717, 1.165) is 11.8 Å². The average molecular weight is 582 g/mol. The van der Waals surface area contributed by atoms with Crippen LogP contribution in [-0.2, 0) is 26.2 Å². The molecule has 0 bridgehead atoms. The van der Waals surface area contributed by atoms with E-state index in [2.05, 4.69) is 5.32 Å². The second-order valence-corrected chi connectivity index (χ2v) is 12.6. The molecule has 1 atom stereocenters. The Kier molecular flexibility index (Phi) is 11.5. The summed E-state index contributed by atoms with van der Waals surface area (Å²) in [5, 5.41) is 3.25. The molecule has 0 fully saturated rings. The van der Waals surface area contributed by atoms with Gasteiger partial charge in [-0.15, -0.1) is 0 Å². The van der Waals surface area contributed by atoms with Crippen LogP contribution in [0, 0.1) is 0 Å². The van der Waals surface area contributed by atoms with Crippen LogP contribution in [0.3, 0.4) is 0 Å². The van der Waals surface area contributed by atoms with Gasteiger partial charge < -0.3 is 19.7 Å². The first-order valence-corrected chi connectivity index (χ1v) is 15.0. The number of benzene rings is 2. The van der Waals surface area contributed by atoms with Gasteiger partial charge in [-0.25, -0.2) is 8.42 Å². The smallest absolute Gasteiger partial charge is 0.243 e. The molecule has 2 aromatic carbocycles. The summed E-state index contributed by atoms with van der Waals surface area (Å²) < 4.78 is 36.8. The van der Waals surface area contributed by atoms with Crippen LogP contribution in [0.15, 0.2) is 42.5 Å². The molecule has 2 aromatic rings. The highest BCUT2D eigenvalue weighted by Gasteiger charge is 2.31. The third-order valence-electron chi connectivity index (χ3n) is 5.95. The Morgan fingerprint density at radius 3 is 2.31 bits per heavy atom. The van der Waals surface area contributed by atoms with Gasteiger partial charge in [-0.3, -0.25) is 13.9 Å². The van der Waals surface area contributed by atoms with Gasteiger partial charge in [0.2, 0.25) is 21.8 Å². The largest absolute Gasteiger partial charge is 0.497 e. The summed E-state index contributed by atoms with van der Waals surface area (Å²) in [5.41, 5.74) is 0.723. The predicted molar refractivity (Wildman–Crippen MR) is 155 cm³/mol. The number of carbonyl (C=O) groups is 2. The van der Waals surface area contributed by atoms with Gasteiger partial charge in [-0.2, -0.15) is 0 Å². The van der Waals surface area contributed by atoms with Gasteiger partial charge in [-0.1, -0.05) is 30.7 Å². The summed E-state index contributed by atoms with van der Waals surface area (Å²) in [5.74, 6) is 0.576. The highest BCUT2D eigenvalue weighted by molar-refractivity contribution is 7.92. The number of nitrogens with one attached hydrogen (secondary N) is 1. The van der Waals surface area contributed by atoms with Gasteiger partial charge in [0.05, 0.1) is 31.2 Å². The number of halogens is 1. The van der Waals surface area contributed by atoms with Crippen molar-refractivity contribution >= 4 is 39.1 Å². The van der Waals surface area contributed by atoms with Crippen LogP contribution < -0.4 is 19.1 Å². The molecule has 0 aliphatic rings. The Hall–Kier alpha value is -2.98. The van der Waals surface area contributed by atoms with Crippen LogP contribution >= 0.6 is 11.6 Å². The molecule has 0 heterocycles. The Balaban J connectivity index is 2.28. The monoisotopic (exact) mass is 581 g/mol. The summed E-state index contributed by atoms with van der Waals surface area (Å²) in [6.45, 7) is 7.78. The molecule has 1 N–H and O–H groups in total. The zero-order valence-electron chi connectivity index (χ0n) is 23.8. The lowest BCUT2D eigenvalue weighted by Gasteiger charge is -2.33. The maximum atomic E-state index is 13.6. The molecule has 9 nitrogen and oxygen atoms in total. The molecule has 2 rings (SSSR count). The van der Waals surface area contributed by atoms with E-state index in [1.807, 2.05) is 52.0 Å². The molecular weight excluding hydrogens is 542 g/mol. The van der Waals surface area contributed by atoms with Crippen molar-refractivity contribution in [1.29, 1.82) is 0 Å². The summed E-state index contributed by atoms with van der Waals surface area (Å²) in [6, 6.07) is 11.4. The van der Waals surface area contributed by atoms with Gasteiger partial charge >= 0.3 is 0 Å². The average Bonchev–Trinajstić information content (AvgIpc) is 2.84. The van der Waals surface area contributed by atoms with E-state index in [1.165, 1.54) is 17.5 Å². The second-order valence-electron chi connectivity index (χ2n) is 10.3. The van der Waals surface area contributed by atoms with E-state index in [4.69, 9.17) is 21.1 Å². The van der Waals surface area contributed by atoms with E-state index in [1.54, 1.807) is 24.1 Å². The molecule has 216 valence electrons. The fourth-order valence-electron chi connectivity index (χ4n) is 4.15. The normalized spacial score (nSPS) is 12.4. The summed E-state index contributed by atoms with van der Waals surface area (Å²) in [4.78, 5) is 28.3. The zero-order chi connectivity index (χ0) is 29.4. The molecule has 11 heteroatoms. The van der Waals surface area contributed by atoms with E-state index in [-0.39, 0.29) is 42.8 Å². The van der Waals surface area contributed by atoms with Crippen molar-refractivity contribution in [3.05, 3.63) is 53.1 Å². The Morgan fingerprint density at radius 2 is 1.77 bits per heavy atom. The third kappa shape index (κ3) is 9.61. The van der Waals surface area contributed by atoms with E-state index >= 15 is 0 Å². The molecule has 0 aliphatic carbocycles. The van der Waals surface area contributed by atoms with Gasteiger partial charge in [0, 0.05) is 25.0 Å². The molecule has 2 amide bonds. The standard InChI is InChI=1S/C28H40ClN3O6S/c1-8-24(27(34)30-28(2,3)4)31(19-20-11-9-12-22(17-20)37-5)26(33)13-10-16-32(39(7,35)36)21-14-15-25(38-6)23(29)18-21/h9,11-12,14-15,17-18,24H,8,10,13,16,19H2,1-7H3,(H,30,34)/t24-/m0/s1. The lowest BCUT2D eigenvalue weighted by atomic mass is 10.0. The summed E-state index contributed by atoms with van der Waals surface area (Å²) in [7, 11) is -0.610. The van der Waals surface area contributed by atoms with E-state index in [9.17, 15) is 18.0 Å². The Morgan fingerprint density at radius 1 is 1.08 bits per heavy atom. The molecule has 0 saturated heterocycles. The lowest BCUT2D eigenvalue weighted by molar-refractivity contribution is -0.142. The first-order valence-electron chi connectivity index (χ1n) is 12.8. The molecule has 0 saturated carbocycles. The van der Waals surface area contributed by atoms with Crippen LogP contribution in [0.2, 0.25) is 5.02 Å². The Labute approximate surface area is 237 Å². The van der Waals surface area contributed by atoms with Gasteiger partial charge in [0.15, 0.2) is 0 Å². The van der Waals surface area contributed by atoms with Crippen molar-refractivity contribution in [1.82, 2.24) is 10.2 Å². The maximum Gasteiger partial charge on any atom is 0.243 e. The van der Waals surface area contributed by atoms with Gasteiger partial charge in [0.25, 0.3) is 0 Å². The van der Waals surface area contributed by atoms with Gasteiger partial charge in [-0.05, 0) is 69.5 Å². The molecule has 0 unspecified atom stereocenters. The van der Waals surface area contributed by atoms with Crippen molar-refractivity contribution < 1.29 is 27.5 Å². The number of rotatable bonds is 13. The quantitative estimate of drug-likeness (QED) is 0.370. The number of nitrogens with zero attached hydrogens (tertiary/aromatic N) is 2. The Bertz CT molecular complexity index is 1250. The van der Waals surface area contributed by atoms with Crippen molar-refractivity contribution in [2.75, 3.05) is 31.3 Å². The molecule has 0 radical (unpaired) electrons. The molecular formula is C28H40ClN3O6S. The van der Waals surface area contributed by atoms with Crippen LogP contribution in [0.1, 0.15) is 52.5 Å². The van der Waals surface area contributed by atoms with Crippen molar-refractivity contribution in [2.24, 2.45) is 0 Å². The van der Waals surface area contributed by atoms with Crippen LogP contribution in [0.25, 0.3) is 0 Å². The fourth-order valence-corrected chi connectivity index (χ4v) is 5.36. The van der Waals surface area contributed by atoms with E-state index in [0.29, 0.717) is 23.6 Å². The van der Waals surface area contributed by atoms with Crippen LogP contribution in [-0.4, -0.2) is 63.7 Å². The number of anilines is 1. The van der Waals surface area contributed by atoms with Gasteiger partial charge in [0.1, 0.15) is 17.5 Å². The minimum atomic E-state index is -3.65. The maximum absolute atomic E-state index is 13.6. The minimum Gasteiger partial charge on any atom is -0.497 e. The molecule has 39 heavy (non-hydrogen) atoms. The first kappa shape index (κ1) is 32.2. The summed E-state index contributed by atoms with van der Waals surface area (Å²) >= 11 is 6.22. The number of hydrogen-bond acceptors (Lipinski definition) is 6. The van der Waals surface area contributed by atoms with Crippen molar-refractivity contribution in [3.63, 3.8) is 0 Å². The predicted octanol–water partition coefficient (Wildman–Crippen LogP) is 4.63. The number of sulfonamides is 1. The molecule has 0 aliphatic heterocycles. The topological polar surface area (TPSA) is 105 Å². The molecule has 0 aromatic heterocycles. The number of hydrogen-bond donors (Lipinski definition) is 1. The number of ether oxygens (including phenoxy) is 2. The first-order chi connectivity index (χ1) is 18.2. The number of amides is 2. The summed E-state index contributed by atoms with van der Waals surface area (Å²) in [6.07, 6.45) is 1.80. The zero-order valence-corrected chi connectivity index (χ0v) is 25.4.